The smallest absolute Gasteiger partial charge is 0.0966 e. The van der Waals surface area contributed by atoms with E-state index in [0.717, 1.165) is 30.3 Å². The first-order chi connectivity index (χ1) is 7.75. The third-order valence-electron chi connectivity index (χ3n) is 3.60. The molecule has 0 bridgehead atoms. The van der Waals surface area contributed by atoms with Crippen LogP contribution in [-0.2, 0) is 5.60 Å². The van der Waals surface area contributed by atoms with E-state index in [-0.39, 0.29) is 0 Å². The normalized spacial score (nSPS) is 28.5. The van der Waals surface area contributed by atoms with Gasteiger partial charge in [-0.05, 0) is 30.9 Å². The molecule has 1 fully saturated rings. The number of aromatic nitrogens is 2. The molecule has 2 unspecified atom stereocenters. The molecule has 3 rings (SSSR count). The molecule has 2 heterocycles. The van der Waals surface area contributed by atoms with Crippen molar-refractivity contribution in [3.63, 3.8) is 0 Å². The van der Waals surface area contributed by atoms with Crippen molar-refractivity contribution in [3.05, 3.63) is 36.2 Å². The van der Waals surface area contributed by atoms with Crippen molar-refractivity contribution in [2.24, 2.45) is 5.92 Å². The van der Waals surface area contributed by atoms with E-state index in [2.05, 4.69) is 12.0 Å². The Kier molecular flexibility index (Phi) is 2.04. The predicted octanol–water partition coefficient (Wildman–Crippen LogP) is 2.34. The van der Waals surface area contributed by atoms with Crippen LogP contribution in [0, 0.1) is 5.92 Å². The molecule has 16 heavy (non-hydrogen) atoms. The molecule has 1 aliphatic carbocycles. The molecular formula is C13H16N2O. The van der Waals surface area contributed by atoms with E-state index >= 15 is 0 Å². The van der Waals surface area contributed by atoms with Crippen LogP contribution in [0.2, 0.25) is 0 Å². The summed E-state index contributed by atoms with van der Waals surface area (Å²) in [6, 6.07) is 5.95. The number of hydrogen-bond acceptors (Lipinski definition) is 2. The minimum absolute atomic E-state index is 0.422. The van der Waals surface area contributed by atoms with Gasteiger partial charge in [-0.1, -0.05) is 19.4 Å². The first-order valence-corrected chi connectivity index (χ1v) is 5.91. The fourth-order valence-electron chi connectivity index (χ4n) is 2.60. The zero-order valence-electron chi connectivity index (χ0n) is 9.43. The van der Waals surface area contributed by atoms with Gasteiger partial charge in [-0.3, -0.25) is 0 Å². The highest BCUT2D eigenvalue weighted by molar-refractivity contribution is 5.58. The number of fused-ring (bicyclic) bond motifs is 1. The molecule has 0 aromatic carbocycles. The number of rotatable bonds is 3. The molecule has 1 N–H and O–H groups in total. The zero-order valence-corrected chi connectivity index (χ0v) is 9.43. The first-order valence-electron chi connectivity index (χ1n) is 5.91. The highest BCUT2D eigenvalue weighted by atomic mass is 16.3. The van der Waals surface area contributed by atoms with Crippen molar-refractivity contribution in [2.45, 2.75) is 31.8 Å². The van der Waals surface area contributed by atoms with Crippen LogP contribution in [0.25, 0.3) is 5.52 Å². The summed E-state index contributed by atoms with van der Waals surface area (Å²) in [4.78, 5) is 0. The van der Waals surface area contributed by atoms with Crippen LogP contribution in [0.1, 0.15) is 31.7 Å². The first kappa shape index (κ1) is 9.85. The van der Waals surface area contributed by atoms with Crippen LogP contribution in [0.15, 0.2) is 30.6 Å². The van der Waals surface area contributed by atoms with Gasteiger partial charge in [0.2, 0.25) is 0 Å². The van der Waals surface area contributed by atoms with Gasteiger partial charge in [0.25, 0.3) is 0 Å². The van der Waals surface area contributed by atoms with Gasteiger partial charge in [-0.15, -0.1) is 0 Å². The maximum absolute atomic E-state index is 10.5. The second kappa shape index (κ2) is 3.32. The van der Waals surface area contributed by atoms with Crippen LogP contribution in [0.3, 0.4) is 0 Å². The monoisotopic (exact) mass is 216 g/mol. The average molecular weight is 216 g/mol. The van der Waals surface area contributed by atoms with Gasteiger partial charge in [-0.2, -0.15) is 5.10 Å². The third kappa shape index (κ3) is 1.28. The summed E-state index contributed by atoms with van der Waals surface area (Å²) in [5.74, 6) is 0.422. The van der Waals surface area contributed by atoms with Crippen molar-refractivity contribution in [3.8, 4) is 0 Å². The summed E-state index contributed by atoms with van der Waals surface area (Å²) in [5.41, 5.74) is 1.41. The summed E-state index contributed by atoms with van der Waals surface area (Å²) in [7, 11) is 0. The van der Waals surface area contributed by atoms with Crippen LogP contribution < -0.4 is 0 Å². The van der Waals surface area contributed by atoms with Gasteiger partial charge >= 0.3 is 0 Å². The highest BCUT2D eigenvalue weighted by Crippen LogP contribution is 2.55. The number of pyridine rings is 1. The lowest BCUT2D eigenvalue weighted by Gasteiger charge is -2.08. The Labute approximate surface area is 94.7 Å². The van der Waals surface area contributed by atoms with Gasteiger partial charge in [-0.25, -0.2) is 4.52 Å². The quantitative estimate of drug-likeness (QED) is 0.855. The third-order valence-corrected chi connectivity index (χ3v) is 3.60. The van der Waals surface area contributed by atoms with Crippen LogP contribution >= 0.6 is 0 Å². The van der Waals surface area contributed by atoms with Crippen molar-refractivity contribution < 1.29 is 5.11 Å². The van der Waals surface area contributed by atoms with Crippen molar-refractivity contribution in [1.29, 1.82) is 0 Å². The van der Waals surface area contributed by atoms with Crippen LogP contribution in [0.5, 0.6) is 0 Å². The molecule has 3 nitrogen and oxygen atoms in total. The molecule has 0 spiro atoms. The lowest BCUT2D eigenvalue weighted by atomic mass is 10.1. The molecule has 1 aliphatic rings. The summed E-state index contributed by atoms with van der Waals surface area (Å²) in [5, 5.41) is 14.8. The summed E-state index contributed by atoms with van der Waals surface area (Å²) in [6.07, 6.45) is 6.84. The molecule has 2 aromatic heterocycles. The van der Waals surface area contributed by atoms with E-state index in [0.29, 0.717) is 5.92 Å². The summed E-state index contributed by atoms with van der Waals surface area (Å²) < 4.78 is 1.83. The van der Waals surface area contributed by atoms with E-state index in [4.69, 9.17) is 0 Å². The van der Waals surface area contributed by atoms with Gasteiger partial charge in [0.15, 0.2) is 0 Å². The lowest BCUT2D eigenvalue weighted by molar-refractivity contribution is 0.130. The topological polar surface area (TPSA) is 37.5 Å². The summed E-state index contributed by atoms with van der Waals surface area (Å²) >= 11 is 0. The lowest BCUT2D eigenvalue weighted by Crippen LogP contribution is -2.08. The second-order valence-corrected chi connectivity index (χ2v) is 4.70. The molecule has 2 aromatic rings. The van der Waals surface area contributed by atoms with Crippen molar-refractivity contribution >= 4 is 5.52 Å². The molecule has 84 valence electrons. The van der Waals surface area contributed by atoms with E-state index in [1.807, 2.05) is 35.1 Å². The Morgan fingerprint density at radius 2 is 2.44 bits per heavy atom. The maximum atomic E-state index is 10.5. The molecule has 0 radical (unpaired) electrons. The van der Waals surface area contributed by atoms with Gasteiger partial charge in [0.05, 0.1) is 17.3 Å². The van der Waals surface area contributed by atoms with E-state index in [1.54, 1.807) is 0 Å². The van der Waals surface area contributed by atoms with Gasteiger partial charge in [0, 0.05) is 11.8 Å². The Morgan fingerprint density at radius 3 is 3.25 bits per heavy atom. The Morgan fingerprint density at radius 1 is 1.56 bits per heavy atom. The number of aliphatic hydroxyl groups is 1. The number of nitrogens with zero attached hydrogens (tertiary/aromatic N) is 2. The molecule has 0 saturated heterocycles. The molecule has 1 saturated carbocycles. The van der Waals surface area contributed by atoms with E-state index in [1.165, 1.54) is 0 Å². The van der Waals surface area contributed by atoms with E-state index < -0.39 is 5.60 Å². The highest BCUT2D eigenvalue weighted by Gasteiger charge is 2.54. The van der Waals surface area contributed by atoms with Crippen LogP contribution in [-0.4, -0.2) is 14.7 Å². The average Bonchev–Trinajstić information content (AvgIpc) is 2.78. The zero-order chi connectivity index (χ0) is 11.2. The minimum Gasteiger partial charge on any atom is -0.385 e. The largest absolute Gasteiger partial charge is 0.385 e. The molecule has 3 heteroatoms. The second-order valence-electron chi connectivity index (χ2n) is 4.70. The van der Waals surface area contributed by atoms with Gasteiger partial charge in [0.1, 0.15) is 0 Å². The molecular weight excluding hydrogens is 200 g/mol. The Hall–Kier alpha value is -1.35. The Balaban J connectivity index is 2.01. The SMILES string of the molecule is CCCC1CC1(O)c1cnn2ccccc12. The van der Waals surface area contributed by atoms with Crippen LogP contribution in [0.4, 0.5) is 0 Å². The fourth-order valence-corrected chi connectivity index (χ4v) is 2.60. The Bertz CT molecular complexity index is 519. The standard InChI is InChI=1S/C13H16N2O/c1-2-5-10-8-13(10,16)11-9-14-15-7-4-3-6-12(11)15/h3-4,6-7,9-10,16H,2,5,8H2,1H3. The molecule has 0 amide bonds. The number of hydrogen-bond donors (Lipinski definition) is 1. The fraction of sp³-hybridized carbons (Fsp3) is 0.462. The molecule has 2 atom stereocenters. The van der Waals surface area contributed by atoms with Crippen molar-refractivity contribution in [2.75, 3.05) is 0 Å². The minimum atomic E-state index is -0.612. The maximum Gasteiger partial charge on any atom is 0.0966 e. The summed E-state index contributed by atoms with van der Waals surface area (Å²) in [6.45, 7) is 2.16. The van der Waals surface area contributed by atoms with Gasteiger partial charge < -0.3 is 5.11 Å². The van der Waals surface area contributed by atoms with Crippen molar-refractivity contribution in [1.82, 2.24) is 9.61 Å². The van der Waals surface area contributed by atoms with E-state index in [9.17, 15) is 5.11 Å². The predicted molar refractivity (Wildman–Crippen MR) is 62.1 cm³/mol. The molecule has 0 aliphatic heterocycles.